The minimum atomic E-state index is -0.513. The van der Waals surface area contributed by atoms with Gasteiger partial charge in [0.2, 0.25) is 11.8 Å². The van der Waals surface area contributed by atoms with Crippen molar-refractivity contribution >= 4 is 23.7 Å². The monoisotopic (exact) mass is 565 g/mol. The van der Waals surface area contributed by atoms with Crippen molar-refractivity contribution < 1.29 is 19.1 Å². The van der Waals surface area contributed by atoms with Gasteiger partial charge in [-0.05, 0) is 32.2 Å². The van der Waals surface area contributed by atoms with Crippen LogP contribution in [0.2, 0.25) is 0 Å². The molecule has 2 saturated carbocycles. The Morgan fingerprint density at radius 2 is 1.10 bits per heavy atom. The van der Waals surface area contributed by atoms with Crippen molar-refractivity contribution in [2.24, 2.45) is 62.3 Å². The number of rotatable bonds is 19. The van der Waals surface area contributed by atoms with Gasteiger partial charge in [-0.15, -0.1) is 0 Å². The predicted molar refractivity (Wildman–Crippen MR) is 155 cm³/mol. The number of carbonyl (C=O) groups is 2. The molecule has 0 aromatic rings. The molecule has 2 amide bonds. The van der Waals surface area contributed by atoms with E-state index in [2.05, 4.69) is 20.6 Å². The number of amides is 2. The van der Waals surface area contributed by atoms with Gasteiger partial charge in [-0.3, -0.25) is 19.6 Å². The summed E-state index contributed by atoms with van der Waals surface area (Å²) in [4.78, 5) is 34.4. The number of ether oxygens (including phenoxy) is 2. The highest BCUT2D eigenvalue weighted by molar-refractivity contribution is 5.89. The fourth-order valence-corrected chi connectivity index (χ4v) is 6.55. The third kappa shape index (κ3) is 9.20. The molecule has 40 heavy (non-hydrogen) atoms. The van der Waals surface area contributed by atoms with Crippen molar-refractivity contribution in [3.63, 3.8) is 0 Å². The lowest BCUT2D eigenvalue weighted by molar-refractivity contribution is -0.140. The van der Waals surface area contributed by atoms with Gasteiger partial charge in [0.15, 0.2) is 18.2 Å². The largest absolute Gasteiger partial charge is 0.370 e. The van der Waals surface area contributed by atoms with Gasteiger partial charge in [0.1, 0.15) is 0 Å². The van der Waals surface area contributed by atoms with Crippen LogP contribution < -0.4 is 39.3 Å². The van der Waals surface area contributed by atoms with Crippen LogP contribution in [0.1, 0.15) is 70.6 Å². The first kappa shape index (κ1) is 31.9. The van der Waals surface area contributed by atoms with Crippen LogP contribution in [0.5, 0.6) is 0 Å². The summed E-state index contributed by atoms with van der Waals surface area (Å²) in [5.41, 5.74) is 27.1. The molecular formula is C27H51N9O4. The zero-order chi connectivity index (χ0) is 28.9. The number of fused-ring (bicyclic) bond motifs is 5. The van der Waals surface area contributed by atoms with Gasteiger partial charge in [0.25, 0.3) is 0 Å². The molecule has 2 bridgehead atoms. The summed E-state index contributed by atoms with van der Waals surface area (Å²) in [5.74, 6) is -1.63. The van der Waals surface area contributed by atoms with Crippen LogP contribution in [-0.2, 0) is 19.1 Å². The number of nitrogens with two attached hydrogens (primary N) is 5. The van der Waals surface area contributed by atoms with E-state index in [4.69, 9.17) is 38.1 Å². The molecule has 228 valence electrons. The van der Waals surface area contributed by atoms with Gasteiger partial charge >= 0.3 is 0 Å². The summed E-state index contributed by atoms with van der Waals surface area (Å²) in [6.45, 7) is 1.90. The Kier molecular flexibility index (Phi) is 13.2. The highest BCUT2D eigenvalue weighted by Gasteiger charge is 2.66. The Labute approximate surface area is 237 Å². The van der Waals surface area contributed by atoms with Crippen molar-refractivity contribution in [2.75, 3.05) is 32.7 Å². The third-order valence-electron chi connectivity index (χ3n) is 8.30. The summed E-state index contributed by atoms with van der Waals surface area (Å²) in [5, 5.41) is 5.80. The highest BCUT2D eigenvalue weighted by atomic mass is 16.7. The molecule has 1 saturated heterocycles. The molecule has 0 aromatic carbocycles. The quantitative estimate of drug-likeness (QED) is 0.0613. The first-order chi connectivity index (χ1) is 19.3. The van der Waals surface area contributed by atoms with Gasteiger partial charge in [0, 0.05) is 24.9 Å². The third-order valence-corrected chi connectivity index (χ3v) is 8.30. The Hall–Kier alpha value is -2.64. The Balaban J connectivity index is 1.50. The number of aliphatic imine (C=N–C) groups is 2. The van der Waals surface area contributed by atoms with Gasteiger partial charge in [-0.25, -0.2) is 0 Å². The van der Waals surface area contributed by atoms with E-state index >= 15 is 0 Å². The number of unbranched alkanes of at least 4 members (excludes halogenated alkanes) is 8. The lowest BCUT2D eigenvalue weighted by Gasteiger charge is -2.34. The standard InChI is InChI=1S/C27H51N9O4/c28-11-9-7-5-3-1-2-4-6-8-10-19-39-22-17-16-18(23(22)40-19)21(25(38)34-13-15-36-27(31)32)20(17)24(37)33-12-14-35-26(29)30/h17-23H,1-16,28H2,(H,33,37)(H,34,38)(H4,29,30,35)(H4,31,32,36)/t17-,18+,19?,20-,21-,22-,23+/m1/s1. The molecule has 12 N–H and O–H groups in total. The van der Waals surface area contributed by atoms with E-state index in [0.717, 1.165) is 32.2 Å². The molecule has 1 unspecified atom stereocenters. The SMILES string of the molecule is NCCCCCCCCCCCC1O[C@@H]2[C@@H]3C[C@H]([C@@H]2O1)[C@@H](C(=O)NCCN=C(N)N)[C@@H]3C(=O)NCCN=C(N)N. The van der Waals surface area contributed by atoms with Crippen LogP contribution in [0, 0.1) is 23.7 Å². The van der Waals surface area contributed by atoms with Crippen LogP contribution in [-0.4, -0.2) is 75.0 Å². The normalized spacial score (nSPS) is 28.2. The second-order valence-corrected chi connectivity index (χ2v) is 11.2. The van der Waals surface area contributed by atoms with Crippen molar-refractivity contribution in [1.82, 2.24) is 10.6 Å². The van der Waals surface area contributed by atoms with Gasteiger partial charge < -0.3 is 48.8 Å². The van der Waals surface area contributed by atoms with Crippen LogP contribution >= 0.6 is 0 Å². The number of nitrogens with zero attached hydrogens (tertiary/aromatic N) is 2. The van der Waals surface area contributed by atoms with E-state index in [-0.39, 0.29) is 80.2 Å². The van der Waals surface area contributed by atoms with E-state index in [0.29, 0.717) is 6.42 Å². The number of guanidine groups is 2. The lowest BCUT2D eigenvalue weighted by Crippen LogP contribution is -2.52. The van der Waals surface area contributed by atoms with Crippen LogP contribution in [0.3, 0.4) is 0 Å². The van der Waals surface area contributed by atoms with Crippen molar-refractivity contribution in [3.8, 4) is 0 Å². The van der Waals surface area contributed by atoms with Gasteiger partial charge in [0.05, 0.1) is 37.1 Å². The molecule has 0 spiro atoms. The summed E-state index contributed by atoms with van der Waals surface area (Å²) in [6.07, 6.45) is 11.7. The van der Waals surface area contributed by atoms with Crippen molar-refractivity contribution in [1.29, 1.82) is 0 Å². The highest BCUT2D eigenvalue weighted by Crippen LogP contribution is 2.57. The fourth-order valence-electron chi connectivity index (χ4n) is 6.55. The van der Waals surface area contributed by atoms with E-state index in [1.165, 1.54) is 38.5 Å². The summed E-state index contributed by atoms with van der Waals surface area (Å²) in [7, 11) is 0. The number of carbonyl (C=O) groups excluding carboxylic acids is 2. The topological polar surface area (TPSA) is 231 Å². The van der Waals surface area contributed by atoms with E-state index in [9.17, 15) is 9.59 Å². The molecule has 2 aliphatic carbocycles. The van der Waals surface area contributed by atoms with Gasteiger partial charge in [-0.1, -0.05) is 44.9 Å². The molecule has 3 rings (SSSR count). The maximum Gasteiger partial charge on any atom is 0.224 e. The second-order valence-electron chi connectivity index (χ2n) is 11.2. The molecule has 0 aromatic heterocycles. The van der Waals surface area contributed by atoms with Crippen LogP contribution in [0.25, 0.3) is 0 Å². The molecule has 13 heteroatoms. The smallest absolute Gasteiger partial charge is 0.224 e. The van der Waals surface area contributed by atoms with E-state index in [1.807, 2.05) is 0 Å². The van der Waals surface area contributed by atoms with Gasteiger partial charge in [-0.2, -0.15) is 0 Å². The van der Waals surface area contributed by atoms with Crippen molar-refractivity contribution in [2.45, 2.75) is 89.1 Å². The van der Waals surface area contributed by atoms with Crippen molar-refractivity contribution in [3.05, 3.63) is 0 Å². The Bertz CT molecular complexity index is 807. The lowest BCUT2D eigenvalue weighted by atomic mass is 9.75. The molecule has 3 aliphatic rings. The molecule has 0 radical (unpaired) electrons. The number of hydrogen-bond donors (Lipinski definition) is 7. The summed E-state index contributed by atoms with van der Waals surface area (Å²) < 4.78 is 12.7. The molecule has 7 atom stereocenters. The number of hydrogen-bond acceptors (Lipinski definition) is 7. The molecule has 1 heterocycles. The van der Waals surface area contributed by atoms with Crippen LogP contribution in [0.4, 0.5) is 0 Å². The minimum Gasteiger partial charge on any atom is -0.370 e. The molecule has 13 nitrogen and oxygen atoms in total. The minimum absolute atomic E-state index is 0.0316. The zero-order valence-electron chi connectivity index (χ0n) is 23.8. The molecule has 3 fully saturated rings. The first-order valence-corrected chi connectivity index (χ1v) is 15.0. The summed E-state index contributed by atoms with van der Waals surface area (Å²) in [6, 6.07) is 0. The summed E-state index contributed by atoms with van der Waals surface area (Å²) >= 11 is 0. The molecule has 1 aliphatic heterocycles. The zero-order valence-corrected chi connectivity index (χ0v) is 23.8. The Morgan fingerprint density at radius 3 is 1.52 bits per heavy atom. The number of nitrogens with one attached hydrogen (secondary N) is 2. The Morgan fingerprint density at radius 1 is 0.675 bits per heavy atom. The second kappa shape index (κ2) is 16.6. The molecular weight excluding hydrogens is 514 g/mol. The maximum atomic E-state index is 13.3. The maximum absolute atomic E-state index is 13.3. The predicted octanol–water partition coefficient (Wildman–Crippen LogP) is -0.382. The average molecular weight is 566 g/mol. The van der Waals surface area contributed by atoms with Crippen LogP contribution in [0.15, 0.2) is 9.98 Å². The fraction of sp³-hybridized carbons (Fsp3) is 0.852. The van der Waals surface area contributed by atoms with E-state index < -0.39 is 11.8 Å². The first-order valence-electron chi connectivity index (χ1n) is 15.0. The van der Waals surface area contributed by atoms with E-state index in [1.54, 1.807) is 0 Å². The average Bonchev–Trinajstić information content (AvgIpc) is 3.60.